The second-order valence-electron chi connectivity index (χ2n) is 8.23. The van der Waals surface area contributed by atoms with Crippen molar-refractivity contribution in [3.8, 4) is 0 Å². The first kappa shape index (κ1) is 17.8. The van der Waals surface area contributed by atoms with Gasteiger partial charge < -0.3 is 21.1 Å². The Morgan fingerprint density at radius 1 is 1.33 bits per heavy atom. The Morgan fingerprint density at radius 2 is 1.96 bits per heavy atom. The van der Waals surface area contributed by atoms with Crippen LogP contribution in [-0.4, -0.2) is 45.5 Å². The Labute approximate surface area is 143 Å². The summed E-state index contributed by atoms with van der Waals surface area (Å²) in [6.07, 6.45) is 2.90. The van der Waals surface area contributed by atoms with Crippen LogP contribution in [0.4, 0.5) is 0 Å². The predicted molar refractivity (Wildman–Crippen MR) is 90.9 cm³/mol. The number of allylic oxidation sites excluding steroid dienone is 1. The summed E-state index contributed by atoms with van der Waals surface area (Å²) < 4.78 is 0. The van der Waals surface area contributed by atoms with Crippen LogP contribution in [0.5, 0.6) is 0 Å². The molecule has 1 spiro atoms. The van der Waals surface area contributed by atoms with E-state index in [9.17, 15) is 20.1 Å². The molecule has 24 heavy (non-hydrogen) atoms. The highest BCUT2D eigenvalue weighted by Gasteiger charge is 2.70. The molecule has 134 valence electrons. The largest absolute Gasteiger partial charge is 0.392 e. The molecule has 0 aromatic heterocycles. The van der Waals surface area contributed by atoms with Gasteiger partial charge in [-0.05, 0) is 36.7 Å². The van der Waals surface area contributed by atoms with Crippen molar-refractivity contribution >= 4 is 5.78 Å². The standard InChI is InChI=1S/C19H29NO4/c1-9-5-11(3)18-7-10(2)15(20)19(18,24)16(22)13(8-21)6-14(12(9)4)17(18)23/h6-7,9,11-12,14-16,21-22,24H,5,8,20H2,1-4H3/t9-,11-,12-,14+,15+,16-,18+,19-/m1/s1. The fourth-order valence-electron chi connectivity index (χ4n) is 5.41. The highest BCUT2D eigenvalue weighted by molar-refractivity contribution is 5.94. The van der Waals surface area contributed by atoms with Crippen LogP contribution in [0, 0.1) is 29.1 Å². The third-order valence-corrected chi connectivity index (χ3v) is 7.10. The number of Topliss-reactive ketones (excluding diaryl/α,β-unsaturated/α-hetero) is 1. The van der Waals surface area contributed by atoms with Gasteiger partial charge in [-0.25, -0.2) is 0 Å². The van der Waals surface area contributed by atoms with E-state index >= 15 is 0 Å². The Morgan fingerprint density at radius 3 is 2.54 bits per heavy atom. The van der Waals surface area contributed by atoms with Crippen LogP contribution in [-0.2, 0) is 4.79 Å². The molecule has 0 radical (unpaired) electrons. The summed E-state index contributed by atoms with van der Waals surface area (Å²) in [7, 11) is 0. The summed E-state index contributed by atoms with van der Waals surface area (Å²) >= 11 is 0. The zero-order valence-electron chi connectivity index (χ0n) is 14.9. The minimum Gasteiger partial charge on any atom is -0.392 e. The molecule has 3 aliphatic carbocycles. The monoisotopic (exact) mass is 335 g/mol. The Hall–Kier alpha value is -1.01. The summed E-state index contributed by atoms with van der Waals surface area (Å²) in [4.78, 5) is 13.6. The van der Waals surface area contributed by atoms with Gasteiger partial charge in [0.1, 0.15) is 11.7 Å². The van der Waals surface area contributed by atoms with Crippen LogP contribution >= 0.6 is 0 Å². The van der Waals surface area contributed by atoms with Crippen molar-refractivity contribution in [1.29, 1.82) is 0 Å². The number of aliphatic hydroxyl groups excluding tert-OH is 2. The topological polar surface area (TPSA) is 104 Å². The lowest BCUT2D eigenvalue weighted by atomic mass is 9.59. The van der Waals surface area contributed by atoms with E-state index in [2.05, 4.69) is 6.92 Å². The van der Waals surface area contributed by atoms with Crippen molar-refractivity contribution in [3.63, 3.8) is 0 Å². The summed E-state index contributed by atoms with van der Waals surface area (Å²) in [5.41, 5.74) is 4.26. The Bertz CT molecular complexity index is 627. The maximum Gasteiger partial charge on any atom is 0.153 e. The van der Waals surface area contributed by atoms with E-state index in [-0.39, 0.29) is 23.5 Å². The maximum absolute atomic E-state index is 13.6. The number of hydrogen-bond acceptors (Lipinski definition) is 5. The average Bonchev–Trinajstić information content (AvgIpc) is 2.68. The van der Waals surface area contributed by atoms with Gasteiger partial charge in [-0.2, -0.15) is 0 Å². The quantitative estimate of drug-likeness (QED) is 0.530. The van der Waals surface area contributed by atoms with E-state index in [1.807, 2.05) is 13.8 Å². The van der Waals surface area contributed by atoms with Gasteiger partial charge in [-0.15, -0.1) is 0 Å². The van der Waals surface area contributed by atoms with E-state index in [0.29, 0.717) is 5.57 Å². The maximum atomic E-state index is 13.6. The molecule has 8 atom stereocenters. The highest BCUT2D eigenvalue weighted by atomic mass is 16.3. The van der Waals surface area contributed by atoms with Crippen molar-refractivity contribution in [2.24, 2.45) is 34.8 Å². The van der Waals surface area contributed by atoms with Gasteiger partial charge in [-0.3, -0.25) is 4.79 Å². The number of carbonyl (C=O) groups excluding carboxylic acids is 1. The zero-order chi connectivity index (χ0) is 18.0. The zero-order valence-corrected chi connectivity index (χ0v) is 14.9. The van der Waals surface area contributed by atoms with Gasteiger partial charge in [0, 0.05) is 5.92 Å². The first-order valence-corrected chi connectivity index (χ1v) is 8.84. The molecule has 0 aliphatic heterocycles. The Kier molecular flexibility index (Phi) is 4.08. The third-order valence-electron chi connectivity index (χ3n) is 7.10. The lowest BCUT2D eigenvalue weighted by Gasteiger charge is -2.48. The van der Waals surface area contributed by atoms with E-state index in [1.165, 1.54) is 0 Å². The number of fused-ring (bicyclic) bond motifs is 1. The van der Waals surface area contributed by atoms with Gasteiger partial charge in [0.15, 0.2) is 5.78 Å². The molecular weight excluding hydrogens is 306 g/mol. The van der Waals surface area contributed by atoms with Crippen molar-refractivity contribution in [1.82, 2.24) is 0 Å². The van der Waals surface area contributed by atoms with Crippen molar-refractivity contribution < 1.29 is 20.1 Å². The summed E-state index contributed by atoms with van der Waals surface area (Å²) in [6, 6.07) is -0.837. The molecular formula is C19H29NO4. The smallest absolute Gasteiger partial charge is 0.153 e. The number of hydrogen-bond donors (Lipinski definition) is 4. The van der Waals surface area contributed by atoms with Crippen LogP contribution < -0.4 is 5.73 Å². The molecule has 5 heteroatoms. The fraction of sp³-hybridized carbons (Fsp3) is 0.737. The molecule has 0 saturated heterocycles. The lowest BCUT2D eigenvalue weighted by molar-refractivity contribution is -0.167. The number of ketones is 1. The van der Waals surface area contributed by atoms with Crippen LogP contribution in [0.2, 0.25) is 0 Å². The third kappa shape index (κ3) is 1.87. The fourth-order valence-corrected chi connectivity index (χ4v) is 5.41. The van der Waals surface area contributed by atoms with Crippen molar-refractivity contribution in [2.75, 3.05) is 6.61 Å². The Balaban J connectivity index is 2.34. The minimum atomic E-state index is -1.82. The normalized spacial score (nSPS) is 51.4. The van der Waals surface area contributed by atoms with E-state index < -0.39 is 35.7 Å². The molecule has 3 aliphatic rings. The molecule has 0 heterocycles. The molecule has 3 rings (SSSR count). The lowest BCUT2D eigenvalue weighted by Crippen LogP contribution is -2.67. The van der Waals surface area contributed by atoms with Gasteiger partial charge in [0.25, 0.3) is 0 Å². The van der Waals surface area contributed by atoms with E-state index in [4.69, 9.17) is 5.73 Å². The second kappa shape index (κ2) is 5.49. The minimum absolute atomic E-state index is 0.0703. The van der Waals surface area contributed by atoms with Crippen LogP contribution in [0.25, 0.3) is 0 Å². The number of aliphatic hydroxyl groups is 3. The molecule has 0 aromatic carbocycles. The van der Waals surface area contributed by atoms with Crippen LogP contribution in [0.1, 0.15) is 34.1 Å². The molecule has 0 unspecified atom stereocenters. The number of nitrogens with two attached hydrogens (primary N) is 1. The molecule has 1 saturated carbocycles. The van der Waals surface area contributed by atoms with Crippen LogP contribution in [0.15, 0.2) is 23.3 Å². The molecule has 2 bridgehead atoms. The molecule has 5 N–H and O–H groups in total. The van der Waals surface area contributed by atoms with Crippen LogP contribution in [0.3, 0.4) is 0 Å². The average molecular weight is 335 g/mol. The number of rotatable bonds is 1. The molecule has 1 fully saturated rings. The van der Waals surface area contributed by atoms with E-state index in [0.717, 1.165) is 12.0 Å². The van der Waals surface area contributed by atoms with Gasteiger partial charge in [0.2, 0.25) is 0 Å². The SMILES string of the molecule is CC1=C[C@]23C(=O)[C@@H](C=C(CO)[C@@H](O)[C@]2(O)[C@H]1N)[C@H](C)[C@H](C)C[C@H]3C. The number of carbonyl (C=O) groups is 1. The van der Waals surface area contributed by atoms with Gasteiger partial charge in [-0.1, -0.05) is 38.5 Å². The van der Waals surface area contributed by atoms with Gasteiger partial charge in [0.05, 0.1) is 18.1 Å². The second-order valence-corrected chi connectivity index (χ2v) is 8.23. The summed E-state index contributed by atoms with van der Waals surface area (Å²) in [5, 5.41) is 32.3. The predicted octanol–water partition coefficient (Wildman–Crippen LogP) is 0.782. The highest BCUT2D eigenvalue weighted by Crippen LogP contribution is 2.59. The molecule has 5 nitrogen and oxygen atoms in total. The van der Waals surface area contributed by atoms with Gasteiger partial charge >= 0.3 is 0 Å². The van der Waals surface area contributed by atoms with Crippen molar-refractivity contribution in [3.05, 3.63) is 23.3 Å². The first-order valence-electron chi connectivity index (χ1n) is 8.84. The summed E-state index contributed by atoms with van der Waals surface area (Å²) in [5.74, 6) is -0.313. The van der Waals surface area contributed by atoms with E-state index in [1.54, 1.807) is 19.1 Å². The molecule has 0 amide bonds. The molecule has 0 aromatic rings. The summed E-state index contributed by atoms with van der Waals surface area (Å²) in [6.45, 7) is 7.52. The first-order chi connectivity index (χ1) is 11.1. The van der Waals surface area contributed by atoms with Crippen molar-refractivity contribution in [2.45, 2.75) is 51.9 Å².